The number of pyridine rings is 1. The Kier molecular flexibility index (Phi) is 4.46. The number of carbonyl (C=O) groups is 2. The van der Waals surface area contributed by atoms with E-state index >= 15 is 0 Å². The van der Waals surface area contributed by atoms with Crippen LogP contribution in [0.15, 0.2) is 54.7 Å². The van der Waals surface area contributed by atoms with Crippen molar-refractivity contribution in [3.05, 3.63) is 60.3 Å². The van der Waals surface area contributed by atoms with Gasteiger partial charge < -0.3 is 14.8 Å². The lowest BCUT2D eigenvalue weighted by atomic mass is 10.0. The first-order chi connectivity index (χ1) is 13.1. The first-order valence-electron chi connectivity index (χ1n) is 8.70. The minimum Gasteiger partial charge on any atom is -0.465 e. The molecular weight excluding hydrogens is 344 g/mol. The molecule has 3 aromatic rings. The van der Waals surface area contributed by atoms with Crippen LogP contribution in [0.2, 0.25) is 0 Å². The second-order valence-corrected chi connectivity index (χ2v) is 6.43. The number of carbonyl (C=O) groups excluding carboxylic acids is 2. The van der Waals surface area contributed by atoms with Gasteiger partial charge in [0.25, 0.3) is 0 Å². The summed E-state index contributed by atoms with van der Waals surface area (Å²) in [5.74, 6) is 1.11. The van der Waals surface area contributed by atoms with Gasteiger partial charge in [-0.2, -0.15) is 0 Å². The molecule has 1 amide bonds. The summed E-state index contributed by atoms with van der Waals surface area (Å²) >= 11 is 0. The van der Waals surface area contributed by atoms with Crippen molar-refractivity contribution in [2.75, 3.05) is 12.4 Å². The second kappa shape index (κ2) is 7.07. The monoisotopic (exact) mass is 362 g/mol. The number of hydrogen-bond acceptors (Lipinski definition) is 5. The highest BCUT2D eigenvalue weighted by Crippen LogP contribution is 2.32. The van der Waals surface area contributed by atoms with E-state index < -0.39 is 5.97 Å². The van der Waals surface area contributed by atoms with E-state index in [0.29, 0.717) is 22.9 Å². The van der Waals surface area contributed by atoms with Gasteiger partial charge in [-0.25, -0.2) is 9.78 Å². The van der Waals surface area contributed by atoms with Crippen LogP contribution in [0.1, 0.15) is 23.2 Å². The molecule has 1 heterocycles. The number of fused-ring (bicyclic) bond motifs is 1. The van der Waals surface area contributed by atoms with Gasteiger partial charge >= 0.3 is 5.97 Å². The molecule has 4 rings (SSSR count). The molecule has 27 heavy (non-hydrogen) atoms. The molecular formula is C21H18N2O4. The zero-order valence-electron chi connectivity index (χ0n) is 14.8. The first kappa shape index (κ1) is 17.0. The van der Waals surface area contributed by atoms with Gasteiger partial charge in [-0.3, -0.25) is 4.79 Å². The third-order valence-corrected chi connectivity index (χ3v) is 4.41. The van der Waals surface area contributed by atoms with Crippen LogP contribution in [0.5, 0.6) is 11.5 Å². The van der Waals surface area contributed by atoms with Crippen molar-refractivity contribution in [2.45, 2.75) is 12.8 Å². The molecule has 1 saturated carbocycles. The second-order valence-electron chi connectivity index (χ2n) is 6.43. The van der Waals surface area contributed by atoms with Crippen molar-refractivity contribution in [3.8, 4) is 11.5 Å². The Labute approximate surface area is 156 Å². The molecule has 0 spiro atoms. The molecule has 0 saturated heterocycles. The maximum absolute atomic E-state index is 12.1. The fourth-order valence-electron chi connectivity index (χ4n) is 2.87. The number of amides is 1. The van der Waals surface area contributed by atoms with Crippen molar-refractivity contribution in [2.24, 2.45) is 5.92 Å². The Hall–Kier alpha value is -3.41. The van der Waals surface area contributed by atoms with Crippen LogP contribution in [0, 0.1) is 5.92 Å². The van der Waals surface area contributed by atoms with E-state index in [2.05, 4.69) is 10.3 Å². The Bertz CT molecular complexity index is 1030. The van der Waals surface area contributed by atoms with E-state index in [-0.39, 0.29) is 11.8 Å². The van der Waals surface area contributed by atoms with Gasteiger partial charge in [-0.05, 0) is 41.8 Å². The highest BCUT2D eigenvalue weighted by atomic mass is 16.5. The van der Waals surface area contributed by atoms with Gasteiger partial charge in [0.1, 0.15) is 17.3 Å². The number of rotatable bonds is 5. The molecule has 1 N–H and O–H groups in total. The number of nitrogens with one attached hydrogen (secondary N) is 1. The largest absolute Gasteiger partial charge is 0.465 e. The van der Waals surface area contributed by atoms with Crippen molar-refractivity contribution < 1.29 is 19.1 Å². The maximum Gasteiger partial charge on any atom is 0.338 e. The number of nitrogens with zero attached hydrogens (tertiary/aromatic N) is 1. The Morgan fingerprint density at radius 3 is 2.67 bits per heavy atom. The average Bonchev–Trinajstić information content (AvgIpc) is 3.52. The van der Waals surface area contributed by atoms with Crippen LogP contribution < -0.4 is 10.1 Å². The Balaban J connectivity index is 1.63. The predicted octanol–water partition coefficient (Wildman–Crippen LogP) is 4.16. The molecule has 1 aliphatic rings. The lowest BCUT2D eigenvalue weighted by Crippen LogP contribution is -2.14. The molecule has 0 aliphatic heterocycles. The summed E-state index contributed by atoms with van der Waals surface area (Å²) in [7, 11) is 1.35. The molecule has 1 aromatic heterocycles. The lowest BCUT2D eigenvalue weighted by Gasteiger charge is -2.11. The molecule has 1 aliphatic carbocycles. The van der Waals surface area contributed by atoms with E-state index in [1.165, 1.54) is 7.11 Å². The highest BCUT2D eigenvalue weighted by Gasteiger charge is 2.29. The van der Waals surface area contributed by atoms with E-state index in [1.54, 1.807) is 24.4 Å². The highest BCUT2D eigenvalue weighted by molar-refractivity contribution is 6.05. The summed E-state index contributed by atoms with van der Waals surface area (Å²) in [6, 6.07) is 14.4. The van der Waals surface area contributed by atoms with Crippen LogP contribution in [-0.2, 0) is 9.53 Å². The molecule has 6 heteroatoms. The number of ether oxygens (including phenoxy) is 2. The molecule has 0 radical (unpaired) electrons. The van der Waals surface area contributed by atoms with Gasteiger partial charge in [0.15, 0.2) is 0 Å². The lowest BCUT2D eigenvalue weighted by molar-refractivity contribution is -0.117. The van der Waals surface area contributed by atoms with Crippen LogP contribution >= 0.6 is 0 Å². The van der Waals surface area contributed by atoms with Crippen LogP contribution in [0.3, 0.4) is 0 Å². The fraction of sp³-hybridized carbons (Fsp3) is 0.190. The summed E-state index contributed by atoms with van der Waals surface area (Å²) in [5.41, 5.74) is 0.432. The number of aromatic nitrogens is 1. The van der Waals surface area contributed by atoms with Gasteiger partial charge in [-0.15, -0.1) is 0 Å². The van der Waals surface area contributed by atoms with Crippen LogP contribution in [0.25, 0.3) is 10.8 Å². The van der Waals surface area contributed by atoms with Crippen molar-refractivity contribution >= 4 is 28.5 Å². The van der Waals surface area contributed by atoms with Crippen LogP contribution in [0.4, 0.5) is 5.82 Å². The Morgan fingerprint density at radius 1 is 1.07 bits per heavy atom. The third-order valence-electron chi connectivity index (χ3n) is 4.41. The number of hydrogen-bond donors (Lipinski definition) is 1. The fourth-order valence-corrected chi connectivity index (χ4v) is 2.87. The van der Waals surface area contributed by atoms with Gasteiger partial charge in [0.05, 0.1) is 12.7 Å². The SMILES string of the molecule is COC(=O)c1cc(Oc2ccnc(NC(=O)C3CC3)c2)cc2ccccc12. The predicted molar refractivity (Wildman–Crippen MR) is 101 cm³/mol. The zero-order valence-corrected chi connectivity index (χ0v) is 14.8. The molecule has 1 fully saturated rings. The maximum atomic E-state index is 12.1. The molecule has 136 valence electrons. The summed E-state index contributed by atoms with van der Waals surface area (Å²) in [5, 5.41) is 4.46. The smallest absolute Gasteiger partial charge is 0.338 e. The summed E-state index contributed by atoms with van der Waals surface area (Å²) in [4.78, 5) is 28.2. The van der Waals surface area contributed by atoms with E-state index in [4.69, 9.17) is 9.47 Å². The molecule has 6 nitrogen and oxygen atoms in total. The standard InChI is InChI=1S/C21H18N2O4/c1-26-21(25)18-11-16(10-14-4-2-3-5-17(14)18)27-15-8-9-22-19(12-15)23-20(24)13-6-7-13/h2-5,8-13H,6-7H2,1H3,(H,22,23,24). The third kappa shape index (κ3) is 3.74. The average molecular weight is 362 g/mol. The van der Waals surface area contributed by atoms with Crippen molar-refractivity contribution in [1.82, 2.24) is 4.98 Å². The molecule has 0 atom stereocenters. The quantitative estimate of drug-likeness (QED) is 0.690. The number of benzene rings is 2. The van der Waals surface area contributed by atoms with Crippen LogP contribution in [-0.4, -0.2) is 24.0 Å². The van der Waals surface area contributed by atoms with Gasteiger partial charge in [0.2, 0.25) is 5.91 Å². The zero-order chi connectivity index (χ0) is 18.8. The Morgan fingerprint density at radius 2 is 1.89 bits per heavy atom. The summed E-state index contributed by atoms with van der Waals surface area (Å²) in [6.45, 7) is 0. The van der Waals surface area contributed by atoms with Gasteiger partial charge in [0, 0.05) is 18.2 Å². The molecule has 0 bridgehead atoms. The number of methoxy groups -OCH3 is 1. The van der Waals surface area contributed by atoms with E-state index in [1.807, 2.05) is 30.3 Å². The van der Waals surface area contributed by atoms with E-state index in [0.717, 1.165) is 23.6 Å². The van der Waals surface area contributed by atoms with Gasteiger partial charge in [-0.1, -0.05) is 24.3 Å². The normalized spacial score (nSPS) is 13.2. The molecule has 2 aromatic carbocycles. The minimum absolute atomic E-state index is 0.0154. The topological polar surface area (TPSA) is 77.5 Å². The molecule has 0 unspecified atom stereocenters. The summed E-state index contributed by atoms with van der Waals surface area (Å²) < 4.78 is 10.8. The van der Waals surface area contributed by atoms with E-state index in [9.17, 15) is 9.59 Å². The van der Waals surface area contributed by atoms with Crippen molar-refractivity contribution in [1.29, 1.82) is 0 Å². The summed E-state index contributed by atoms with van der Waals surface area (Å²) in [6.07, 6.45) is 3.42. The number of anilines is 1. The first-order valence-corrected chi connectivity index (χ1v) is 8.70. The minimum atomic E-state index is -0.427. The number of esters is 1. The van der Waals surface area contributed by atoms with Crippen molar-refractivity contribution in [3.63, 3.8) is 0 Å².